The average Bonchev–Trinajstić information content (AvgIpc) is 2.63. The predicted molar refractivity (Wildman–Crippen MR) is 99.8 cm³/mol. The second kappa shape index (κ2) is 12.5. The lowest BCUT2D eigenvalue weighted by Crippen LogP contribution is -2.47. The van der Waals surface area contributed by atoms with Crippen LogP contribution in [-0.2, 0) is 29.8 Å². The Bertz CT molecular complexity index is 617. The van der Waals surface area contributed by atoms with E-state index in [9.17, 15) is 19.3 Å². The van der Waals surface area contributed by atoms with Crippen molar-refractivity contribution in [2.24, 2.45) is 0 Å². The first-order chi connectivity index (χ1) is 12.9. The summed E-state index contributed by atoms with van der Waals surface area (Å²) < 4.78 is 27.6. The summed E-state index contributed by atoms with van der Waals surface area (Å²) in [5.74, 6) is -1.21. The van der Waals surface area contributed by atoms with Crippen LogP contribution in [0, 0.1) is 0 Å². The summed E-state index contributed by atoms with van der Waals surface area (Å²) >= 11 is 0. The number of nitrogens with one attached hydrogen (secondary N) is 2. The lowest BCUT2D eigenvalue weighted by molar-refractivity contribution is -0.139. The first-order valence-electron chi connectivity index (χ1n) is 8.69. The minimum absolute atomic E-state index is 0.0400. The number of carboxylic acids is 1. The molecule has 0 aromatic heterocycles. The van der Waals surface area contributed by atoms with Crippen LogP contribution in [-0.4, -0.2) is 55.7 Å². The molecule has 0 bridgehead atoms. The van der Waals surface area contributed by atoms with Crippen LogP contribution in [0.2, 0.25) is 0 Å². The molecule has 0 aliphatic rings. The highest BCUT2D eigenvalue weighted by atomic mass is 31.2. The fourth-order valence-electron chi connectivity index (χ4n) is 2.13. The van der Waals surface area contributed by atoms with E-state index in [1.54, 1.807) is 26.0 Å². The van der Waals surface area contributed by atoms with Crippen LogP contribution < -0.4 is 10.6 Å². The van der Waals surface area contributed by atoms with Crippen molar-refractivity contribution >= 4 is 19.7 Å². The Morgan fingerprint density at radius 2 is 1.78 bits per heavy atom. The summed E-state index contributed by atoms with van der Waals surface area (Å²) in [5, 5.41) is 14.3. The molecule has 0 fully saturated rings. The molecule has 0 aliphatic heterocycles. The first-order valence-corrected chi connectivity index (χ1v) is 10.4. The summed E-state index contributed by atoms with van der Waals surface area (Å²) in [4.78, 5) is 23.1. The monoisotopic (exact) mass is 402 g/mol. The maximum atomic E-state index is 12.3. The van der Waals surface area contributed by atoms with Gasteiger partial charge in [-0.3, -0.25) is 4.57 Å². The van der Waals surface area contributed by atoms with Crippen LogP contribution in [0.5, 0.6) is 0 Å². The third kappa shape index (κ3) is 9.53. The number of ether oxygens (including phenoxy) is 1. The van der Waals surface area contributed by atoms with Crippen LogP contribution in [0.3, 0.4) is 0 Å². The quantitative estimate of drug-likeness (QED) is 0.339. The van der Waals surface area contributed by atoms with Crippen molar-refractivity contribution in [2.75, 3.05) is 32.5 Å². The van der Waals surface area contributed by atoms with Gasteiger partial charge in [-0.1, -0.05) is 30.3 Å². The molecule has 9 nitrogen and oxygen atoms in total. The molecule has 10 heteroatoms. The standard InChI is InChI=1S/C17H27N2O7P/c1-3-25-27(23,26-4-2)11-10-18-12-15(16(20)21)19-17(22)24-13-14-8-6-5-7-9-14/h5-9,15,18H,3-4,10-13H2,1-2H3,(H,19,22)(H,20,21). The smallest absolute Gasteiger partial charge is 0.408 e. The molecular weight excluding hydrogens is 375 g/mol. The molecule has 1 aromatic carbocycles. The van der Waals surface area contributed by atoms with Crippen molar-refractivity contribution < 1.29 is 33.0 Å². The molecule has 1 rings (SSSR count). The van der Waals surface area contributed by atoms with Crippen LogP contribution in [0.1, 0.15) is 19.4 Å². The minimum Gasteiger partial charge on any atom is -0.480 e. The highest BCUT2D eigenvalue weighted by Crippen LogP contribution is 2.47. The van der Waals surface area contributed by atoms with Crippen molar-refractivity contribution in [1.82, 2.24) is 10.6 Å². The van der Waals surface area contributed by atoms with E-state index >= 15 is 0 Å². The zero-order valence-electron chi connectivity index (χ0n) is 15.6. The van der Waals surface area contributed by atoms with Gasteiger partial charge in [-0.25, -0.2) is 9.59 Å². The van der Waals surface area contributed by atoms with Gasteiger partial charge in [0, 0.05) is 13.1 Å². The average molecular weight is 402 g/mol. The van der Waals surface area contributed by atoms with Crippen LogP contribution in [0.4, 0.5) is 4.79 Å². The molecule has 0 saturated heterocycles. The number of hydrogen-bond donors (Lipinski definition) is 3. The Morgan fingerprint density at radius 3 is 2.33 bits per heavy atom. The molecule has 1 unspecified atom stereocenters. The van der Waals surface area contributed by atoms with Gasteiger partial charge < -0.3 is 29.5 Å². The molecule has 152 valence electrons. The van der Waals surface area contributed by atoms with E-state index in [1.807, 2.05) is 18.2 Å². The van der Waals surface area contributed by atoms with E-state index in [1.165, 1.54) is 0 Å². The molecule has 3 N–H and O–H groups in total. The maximum Gasteiger partial charge on any atom is 0.408 e. The summed E-state index contributed by atoms with van der Waals surface area (Å²) in [6.07, 6.45) is -0.734. The van der Waals surface area contributed by atoms with Crippen LogP contribution in [0.15, 0.2) is 30.3 Å². The number of carbonyl (C=O) groups is 2. The summed E-state index contributed by atoms with van der Waals surface area (Å²) in [6.45, 7) is 4.12. The van der Waals surface area contributed by atoms with Gasteiger partial charge >= 0.3 is 19.7 Å². The third-order valence-electron chi connectivity index (χ3n) is 3.37. The minimum atomic E-state index is -3.20. The molecule has 0 spiro atoms. The Kier molecular flexibility index (Phi) is 10.7. The van der Waals surface area contributed by atoms with E-state index in [4.69, 9.17) is 13.8 Å². The number of carboxylic acid groups (broad SMARTS) is 1. The molecule has 1 aromatic rings. The maximum absolute atomic E-state index is 12.3. The van der Waals surface area contributed by atoms with Crippen LogP contribution in [0.25, 0.3) is 0 Å². The Labute approximate surface area is 158 Å². The largest absolute Gasteiger partial charge is 0.480 e. The van der Waals surface area contributed by atoms with Crippen molar-refractivity contribution in [2.45, 2.75) is 26.5 Å². The van der Waals surface area contributed by atoms with Crippen molar-refractivity contribution in [3.8, 4) is 0 Å². The van der Waals surface area contributed by atoms with Gasteiger partial charge in [0.25, 0.3) is 0 Å². The number of hydrogen-bond acceptors (Lipinski definition) is 7. The van der Waals surface area contributed by atoms with E-state index in [-0.39, 0.29) is 39.1 Å². The highest BCUT2D eigenvalue weighted by molar-refractivity contribution is 7.53. The number of benzene rings is 1. The second-order valence-electron chi connectivity index (χ2n) is 5.47. The number of carbonyl (C=O) groups excluding carboxylic acids is 1. The van der Waals surface area contributed by atoms with Crippen molar-refractivity contribution in [1.29, 1.82) is 0 Å². The molecule has 27 heavy (non-hydrogen) atoms. The zero-order chi connectivity index (χ0) is 20.1. The lowest BCUT2D eigenvalue weighted by Gasteiger charge is -2.18. The van der Waals surface area contributed by atoms with Gasteiger partial charge in [0.05, 0.1) is 19.4 Å². The Hall–Kier alpha value is -1.93. The van der Waals surface area contributed by atoms with Crippen molar-refractivity contribution in [3.63, 3.8) is 0 Å². The highest BCUT2D eigenvalue weighted by Gasteiger charge is 2.24. The van der Waals surface area contributed by atoms with E-state index in [2.05, 4.69) is 10.6 Å². The lowest BCUT2D eigenvalue weighted by atomic mass is 10.2. The molecule has 0 saturated carbocycles. The fraction of sp³-hybridized carbons (Fsp3) is 0.529. The SMILES string of the molecule is CCOP(=O)(CCNCC(NC(=O)OCc1ccccc1)C(=O)O)OCC. The van der Waals surface area contributed by atoms with Gasteiger partial charge in [0.15, 0.2) is 0 Å². The Morgan fingerprint density at radius 1 is 1.15 bits per heavy atom. The summed E-state index contributed by atoms with van der Waals surface area (Å²) in [6, 6.07) is 7.85. The second-order valence-corrected chi connectivity index (χ2v) is 7.66. The van der Waals surface area contributed by atoms with Crippen LogP contribution >= 0.6 is 7.60 Å². The molecular formula is C17H27N2O7P. The van der Waals surface area contributed by atoms with Gasteiger partial charge in [0.1, 0.15) is 12.6 Å². The Balaban J connectivity index is 2.39. The molecule has 0 heterocycles. The number of alkyl carbamates (subject to hydrolysis) is 1. The normalized spacial score (nSPS) is 12.4. The van der Waals surface area contributed by atoms with E-state index in [0.29, 0.717) is 0 Å². The predicted octanol–water partition coefficient (Wildman–Crippen LogP) is 2.22. The number of rotatable bonds is 13. The number of aliphatic carboxylic acids is 1. The van der Waals surface area contributed by atoms with Crippen molar-refractivity contribution in [3.05, 3.63) is 35.9 Å². The van der Waals surface area contributed by atoms with Gasteiger partial charge in [-0.05, 0) is 19.4 Å². The van der Waals surface area contributed by atoms with Gasteiger partial charge in [-0.2, -0.15) is 0 Å². The van der Waals surface area contributed by atoms with Gasteiger partial charge in [-0.15, -0.1) is 0 Å². The van der Waals surface area contributed by atoms with E-state index < -0.39 is 25.7 Å². The first kappa shape index (κ1) is 23.1. The molecule has 1 atom stereocenters. The van der Waals surface area contributed by atoms with E-state index in [0.717, 1.165) is 5.56 Å². The zero-order valence-corrected chi connectivity index (χ0v) is 16.4. The summed E-state index contributed by atoms with van der Waals surface area (Å²) in [5.41, 5.74) is 0.792. The molecule has 0 aliphatic carbocycles. The molecule has 1 amide bonds. The molecule has 0 radical (unpaired) electrons. The third-order valence-corrected chi connectivity index (χ3v) is 5.44. The topological polar surface area (TPSA) is 123 Å². The fourth-order valence-corrected chi connectivity index (χ4v) is 3.68. The summed E-state index contributed by atoms with van der Waals surface area (Å²) in [7, 11) is -3.20. The van der Waals surface area contributed by atoms with Gasteiger partial charge in [0.2, 0.25) is 0 Å². The number of amides is 1.